The van der Waals surface area contributed by atoms with Crippen molar-refractivity contribution in [3.8, 4) is 11.3 Å². The first-order chi connectivity index (χ1) is 14.0. The highest BCUT2D eigenvalue weighted by atomic mass is 35.5. The van der Waals surface area contributed by atoms with Crippen molar-refractivity contribution in [3.63, 3.8) is 0 Å². The van der Waals surface area contributed by atoms with Crippen molar-refractivity contribution in [3.05, 3.63) is 46.3 Å². The second kappa shape index (κ2) is 9.82. The molecule has 0 aliphatic heterocycles. The Morgan fingerprint density at radius 3 is 2.59 bits per heavy atom. The van der Waals surface area contributed by atoms with Gasteiger partial charge in [-0.1, -0.05) is 63.7 Å². The maximum absolute atomic E-state index is 6.49. The van der Waals surface area contributed by atoms with Gasteiger partial charge < -0.3 is 4.90 Å². The van der Waals surface area contributed by atoms with E-state index in [4.69, 9.17) is 28.2 Å². The number of hydrogen-bond acceptors (Lipinski definition) is 3. The molecule has 3 aromatic rings. The Morgan fingerprint density at radius 2 is 1.93 bits per heavy atom. The van der Waals surface area contributed by atoms with Crippen molar-refractivity contribution in [2.45, 2.75) is 53.4 Å². The van der Waals surface area contributed by atoms with E-state index in [2.05, 4.69) is 42.0 Å². The molecule has 0 N–H and O–H groups in total. The predicted molar refractivity (Wildman–Crippen MR) is 124 cm³/mol. The Bertz CT molecular complexity index is 965. The summed E-state index contributed by atoms with van der Waals surface area (Å²) in [6.45, 7) is 11.0. The van der Waals surface area contributed by atoms with E-state index >= 15 is 0 Å². The number of hydrogen-bond donors (Lipinski definition) is 0. The average molecular weight is 433 g/mol. The van der Waals surface area contributed by atoms with Gasteiger partial charge in [-0.05, 0) is 37.0 Å². The van der Waals surface area contributed by atoms with Crippen LogP contribution in [0.1, 0.15) is 52.7 Å². The van der Waals surface area contributed by atoms with Crippen LogP contribution in [-0.2, 0) is 6.42 Å². The first-order valence-corrected chi connectivity index (χ1v) is 11.3. The molecule has 0 radical (unpaired) electrons. The Morgan fingerprint density at radius 1 is 1.14 bits per heavy atom. The maximum atomic E-state index is 6.49. The lowest BCUT2D eigenvalue weighted by Crippen LogP contribution is -2.30. The summed E-state index contributed by atoms with van der Waals surface area (Å²) in [6, 6.07) is 5.51. The van der Waals surface area contributed by atoms with Gasteiger partial charge in [-0.25, -0.2) is 4.98 Å². The number of aromatic nitrogens is 3. The Balaban J connectivity index is 2.14. The van der Waals surface area contributed by atoms with Crippen molar-refractivity contribution in [1.82, 2.24) is 14.4 Å². The van der Waals surface area contributed by atoms with Gasteiger partial charge in [0, 0.05) is 36.1 Å². The molecule has 0 fully saturated rings. The second-order valence-electron chi connectivity index (χ2n) is 7.88. The average Bonchev–Trinajstić information content (AvgIpc) is 3.06. The minimum atomic E-state index is 0.568. The van der Waals surface area contributed by atoms with E-state index in [0.717, 1.165) is 42.1 Å². The SMILES string of the molecule is CCCCCN(CC(C)C)c1c(CC)nc2c(-c3ccc(Cl)cc3Cl)nccn12. The van der Waals surface area contributed by atoms with Gasteiger partial charge in [0.05, 0.1) is 10.7 Å². The van der Waals surface area contributed by atoms with Crippen LogP contribution in [0.5, 0.6) is 0 Å². The number of benzene rings is 1. The topological polar surface area (TPSA) is 33.4 Å². The molecule has 0 bridgehead atoms. The largest absolute Gasteiger partial charge is 0.356 e. The first-order valence-electron chi connectivity index (χ1n) is 10.5. The van der Waals surface area contributed by atoms with Crippen molar-refractivity contribution < 1.29 is 0 Å². The molecule has 0 unspecified atom stereocenters. The van der Waals surface area contributed by atoms with E-state index in [1.54, 1.807) is 6.07 Å². The molecule has 0 amide bonds. The monoisotopic (exact) mass is 432 g/mol. The van der Waals surface area contributed by atoms with Crippen LogP contribution in [0.3, 0.4) is 0 Å². The molecule has 6 heteroatoms. The normalized spacial score (nSPS) is 11.6. The molecule has 0 atom stereocenters. The molecule has 2 heterocycles. The van der Waals surface area contributed by atoms with E-state index < -0.39 is 0 Å². The predicted octanol–water partition coefficient (Wildman–Crippen LogP) is 6.92. The second-order valence-corrected chi connectivity index (χ2v) is 8.72. The highest BCUT2D eigenvalue weighted by Gasteiger charge is 2.21. The van der Waals surface area contributed by atoms with Gasteiger partial charge in [0.1, 0.15) is 11.5 Å². The number of anilines is 1. The van der Waals surface area contributed by atoms with Crippen molar-refractivity contribution >= 4 is 34.7 Å². The zero-order valence-electron chi connectivity index (χ0n) is 17.8. The lowest BCUT2D eigenvalue weighted by Gasteiger charge is -2.27. The van der Waals surface area contributed by atoms with Gasteiger partial charge in [0.2, 0.25) is 0 Å². The van der Waals surface area contributed by atoms with Crippen LogP contribution in [0.2, 0.25) is 10.0 Å². The Labute approximate surface area is 183 Å². The fourth-order valence-corrected chi connectivity index (χ4v) is 4.23. The van der Waals surface area contributed by atoms with Crippen molar-refractivity contribution in [2.24, 2.45) is 5.92 Å². The number of halogens is 2. The summed E-state index contributed by atoms with van der Waals surface area (Å²) in [5.41, 5.74) is 3.57. The Kier molecular flexibility index (Phi) is 7.42. The summed E-state index contributed by atoms with van der Waals surface area (Å²) < 4.78 is 2.18. The van der Waals surface area contributed by atoms with E-state index in [1.807, 2.05) is 24.5 Å². The molecular weight excluding hydrogens is 403 g/mol. The summed E-state index contributed by atoms with van der Waals surface area (Å²) >= 11 is 12.6. The third kappa shape index (κ3) is 4.87. The minimum absolute atomic E-state index is 0.568. The molecule has 1 aromatic carbocycles. The Hall–Kier alpha value is -1.78. The summed E-state index contributed by atoms with van der Waals surface area (Å²) in [5, 5.41) is 1.20. The molecule has 3 rings (SSSR count). The molecule has 0 aliphatic carbocycles. The summed E-state index contributed by atoms with van der Waals surface area (Å²) in [5.74, 6) is 1.75. The zero-order chi connectivity index (χ0) is 21.0. The van der Waals surface area contributed by atoms with E-state index in [-0.39, 0.29) is 0 Å². The number of rotatable bonds is 9. The molecule has 156 valence electrons. The molecule has 0 aliphatic rings. The van der Waals surface area contributed by atoms with E-state index in [0.29, 0.717) is 16.0 Å². The lowest BCUT2D eigenvalue weighted by molar-refractivity contribution is 0.581. The summed E-state index contributed by atoms with van der Waals surface area (Å²) in [6.07, 6.45) is 8.34. The molecule has 4 nitrogen and oxygen atoms in total. The molecular formula is C23H30Cl2N4. The molecule has 2 aromatic heterocycles. The van der Waals surface area contributed by atoms with Crippen LogP contribution in [0, 0.1) is 5.92 Å². The maximum Gasteiger partial charge on any atom is 0.165 e. The molecule has 0 spiro atoms. The van der Waals surface area contributed by atoms with Crippen LogP contribution >= 0.6 is 23.2 Å². The number of fused-ring (bicyclic) bond motifs is 1. The van der Waals surface area contributed by atoms with Gasteiger partial charge in [0.15, 0.2) is 5.65 Å². The highest BCUT2D eigenvalue weighted by molar-refractivity contribution is 6.36. The van der Waals surface area contributed by atoms with Gasteiger partial charge in [-0.3, -0.25) is 9.38 Å². The standard InChI is InChI=1S/C23H30Cl2N4/c1-5-7-8-12-28(15-16(3)4)23-20(6-2)27-22-21(26-11-13-29(22)23)18-10-9-17(24)14-19(18)25/h9-11,13-14,16H,5-8,12,15H2,1-4H3. The van der Waals surface area contributed by atoms with Crippen LogP contribution < -0.4 is 4.90 Å². The summed E-state index contributed by atoms with van der Waals surface area (Å²) in [7, 11) is 0. The zero-order valence-corrected chi connectivity index (χ0v) is 19.3. The van der Waals surface area contributed by atoms with Gasteiger partial charge in [0.25, 0.3) is 0 Å². The molecule has 29 heavy (non-hydrogen) atoms. The number of aryl methyl sites for hydroxylation is 1. The fraction of sp³-hybridized carbons (Fsp3) is 0.478. The smallest absolute Gasteiger partial charge is 0.165 e. The third-order valence-electron chi connectivity index (χ3n) is 5.02. The number of unbranched alkanes of at least 4 members (excludes halogenated alkanes) is 2. The lowest BCUT2D eigenvalue weighted by atomic mass is 10.1. The molecule has 0 saturated carbocycles. The first kappa shape index (κ1) is 21.9. The van der Waals surface area contributed by atoms with Crippen molar-refractivity contribution in [1.29, 1.82) is 0 Å². The molecule has 0 saturated heterocycles. The highest BCUT2D eigenvalue weighted by Crippen LogP contribution is 2.34. The number of imidazole rings is 1. The van der Waals surface area contributed by atoms with Crippen LogP contribution in [0.4, 0.5) is 5.82 Å². The van der Waals surface area contributed by atoms with Gasteiger partial charge in [-0.2, -0.15) is 0 Å². The van der Waals surface area contributed by atoms with Crippen LogP contribution in [0.25, 0.3) is 16.9 Å². The van der Waals surface area contributed by atoms with Crippen molar-refractivity contribution in [2.75, 3.05) is 18.0 Å². The van der Waals surface area contributed by atoms with E-state index in [1.165, 1.54) is 25.1 Å². The summed E-state index contributed by atoms with van der Waals surface area (Å²) in [4.78, 5) is 12.1. The van der Waals surface area contributed by atoms with E-state index in [9.17, 15) is 0 Å². The quantitative estimate of drug-likeness (QED) is 0.344. The minimum Gasteiger partial charge on any atom is -0.356 e. The fourth-order valence-electron chi connectivity index (χ4n) is 3.73. The third-order valence-corrected chi connectivity index (χ3v) is 5.57. The van der Waals surface area contributed by atoms with Crippen LogP contribution in [-0.4, -0.2) is 27.5 Å². The van der Waals surface area contributed by atoms with Gasteiger partial charge >= 0.3 is 0 Å². The van der Waals surface area contributed by atoms with Crippen LogP contribution in [0.15, 0.2) is 30.6 Å². The van der Waals surface area contributed by atoms with Gasteiger partial charge in [-0.15, -0.1) is 0 Å². The number of nitrogens with zero attached hydrogens (tertiary/aromatic N) is 4.